The molecule has 106 valence electrons. The second-order valence-corrected chi connectivity index (χ2v) is 2.74. The van der Waals surface area contributed by atoms with Gasteiger partial charge in [-0.3, -0.25) is 0 Å². The minimum absolute atomic E-state index is 0. The van der Waals surface area contributed by atoms with E-state index in [4.69, 9.17) is 0 Å². The van der Waals surface area contributed by atoms with E-state index in [2.05, 4.69) is 10.6 Å². The average molecular weight is 272 g/mol. The van der Waals surface area contributed by atoms with Crippen LogP contribution >= 0.6 is 9.90 Å². The van der Waals surface area contributed by atoms with Crippen LogP contribution in [0, 0.1) is 0 Å². The van der Waals surface area contributed by atoms with Gasteiger partial charge in [0.2, 0.25) is 0 Å². The Bertz CT molecular complexity index is 266. The van der Waals surface area contributed by atoms with Crippen molar-refractivity contribution in [1.29, 1.82) is 0 Å². The van der Waals surface area contributed by atoms with Crippen LogP contribution in [-0.4, -0.2) is 19.6 Å². The quantitative estimate of drug-likeness (QED) is 0.815. The monoisotopic (exact) mass is 272 g/mol. The van der Waals surface area contributed by atoms with Gasteiger partial charge in [-0.2, -0.15) is 9.90 Å². The molecule has 2 N–H and O–H groups in total. The Hall–Kier alpha value is -1.08. The Labute approximate surface area is 115 Å². The van der Waals surface area contributed by atoms with Gasteiger partial charge in [-0.05, 0) is 12.0 Å². The molecule has 0 aliphatic carbocycles. The Balaban J connectivity index is -0.000000409. The first-order valence-corrected chi connectivity index (χ1v) is 6.32. The molecule has 0 aliphatic rings. The maximum Gasteiger partial charge on any atom is 0.314 e. The number of rotatable bonds is 3. The summed E-state index contributed by atoms with van der Waals surface area (Å²) in [4.78, 5) is 10.8. The van der Waals surface area contributed by atoms with Crippen molar-refractivity contribution in [3.05, 3.63) is 35.9 Å². The molecule has 0 bridgehead atoms. The Kier molecular flexibility index (Phi) is 22.5. The maximum absolute atomic E-state index is 10.8. The van der Waals surface area contributed by atoms with Crippen LogP contribution in [0.2, 0.25) is 0 Å². The van der Waals surface area contributed by atoms with Crippen LogP contribution in [0.15, 0.2) is 30.3 Å². The molecule has 1 atom stereocenters. The number of urea groups is 1. The van der Waals surface area contributed by atoms with Gasteiger partial charge in [-0.1, -0.05) is 58.0 Å². The van der Waals surface area contributed by atoms with Crippen LogP contribution in [0.5, 0.6) is 0 Å². The van der Waals surface area contributed by atoms with Crippen molar-refractivity contribution in [2.24, 2.45) is 0 Å². The molecule has 18 heavy (non-hydrogen) atoms. The van der Waals surface area contributed by atoms with E-state index in [1.165, 1.54) is 5.56 Å². The Morgan fingerprint density at radius 1 is 1.06 bits per heavy atom. The van der Waals surface area contributed by atoms with Gasteiger partial charge in [0, 0.05) is 13.6 Å². The van der Waals surface area contributed by atoms with E-state index in [1.807, 2.05) is 58.0 Å². The molecule has 1 aromatic rings. The first-order valence-electron chi connectivity index (χ1n) is 6.32. The molecule has 0 radical (unpaired) electrons. The lowest BCUT2D eigenvalue weighted by Crippen LogP contribution is -2.33. The van der Waals surface area contributed by atoms with Crippen LogP contribution in [0.3, 0.4) is 0 Å². The van der Waals surface area contributed by atoms with Gasteiger partial charge in [0.15, 0.2) is 0 Å². The molecule has 0 aromatic heterocycles. The van der Waals surface area contributed by atoms with E-state index in [0.29, 0.717) is 6.54 Å². The summed E-state index contributed by atoms with van der Waals surface area (Å²) >= 11 is 0. The zero-order valence-electron chi connectivity index (χ0n) is 12.4. The highest BCUT2D eigenvalue weighted by molar-refractivity contribution is 6.92. The fourth-order valence-electron chi connectivity index (χ4n) is 1.05. The summed E-state index contributed by atoms with van der Waals surface area (Å²) in [5, 5.41) is 5.23. The number of hydrogen-bond acceptors (Lipinski definition) is 1. The number of nitrogens with one attached hydrogen (secondary N) is 2. The third kappa shape index (κ3) is 13.0. The minimum Gasteiger partial charge on any atom is -0.341 e. The Morgan fingerprint density at radius 3 is 2.00 bits per heavy atom. The highest BCUT2D eigenvalue weighted by Crippen LogP contribution is 1.97. The van der Waals surface area contributed by atoms with Crippen LogP contribution in [-0.2, 0) is 6.42 Å². The summed E-state index contributed by atoms with van der Waals surface area (Å²) in [5.41, 5.74) is 1.24. The summed E-state index contributed by atoms with van der Waals surface area (Å²) in [6.07, 6.45) is 0.869. The standard InChI is InChI=1S/C10H14N2O.2C2H6.H3P/c1-11-10(13)12-8-7-9-5-3-2-4-6-9;2*1-2;/h2-6H,7-8H2,1H3,(H2,11,12,13);2*1-2H3;1H3. The zero-order valence-corrected chi connectivity index (χ0v) is 13.8. The normalized spacial score (nSPS) is 7.39. The summed E-state index contributed by atoms with van der Waals surface area (Å²) in [6.45, 7) is 8.67. The predicted octanol–water partition coefficient (Wildman–Crippen LogP) is 3.27. The summed E-state index contributed by atoms with van der Waals surface area (Å²) < 4.78 is 0. The first-order chi connectivity index (χ1) is 8.33. The van der Waals surface area contributed by atoms with E-state index in [0.717, 1.165) is 6.42 Å². The maximum atomic E-state index is 10.8. The number of benzene rings is 1. The lowest BCUT2D eigenvalue weighted by atomic mass is 10.1. The number of amides is 2. The molecule has 3 nitrogen and oxygen atoms in total. The zero-order chi connectivity index (χ0) is 13.5. The molecule has 0 aliphatic heterocycles. The van der Waals surface area contributed by atoms with Crippen LogP contribution < -0.4 is 10.6 Å². The van der Waals surface area contributed by atoms with E-state index >= 15 is 0 Å². The van der Waals surface area contributed by atoms with Gasteiger partial charge in [-0.25, -0.2) is 4.79 Å². The van der Waals surface area contributed by atoms with Crippen molar-refractivity contribution in [3.8, 4) is 0 Å². The summed E-state index contributed by atoms with van der Waals surface area (Å²) in [6, 6.07) is 9.94. The molecular formula is C14H29N2OP. The predicted molar refractivity (Wildman–Crippen MR) is 86.4 cm³/mol. The van der Waals surface area contributed by atoms with Crippen molar-refractivity contribution in [3.63, 3.8) is 0 Å². The minimum atomic E-state index is -0.129. The molecule has 1 unspecified atom stereocenters. The number of hydrogen-bond donors (Lipinski definition) is 2. The molecule has 1 rings (SSSR count). The third-order valence-electron chi connectivity index (χ3n) is 1.77. The van der Waals surface area contributed by atoms with Crippen LogP contribution in [0.1, 0.15) is 33.3 Å². The van der Waals surface area contributed by atoms with Gasteiger partial charge in [-0.15, -0.1) is 0 Å². The second kappa shape index (κ2) is 18.3. The van der Waals surface area contributed by atoms with E-state index < -0.39 is 0 Å². The molecule has 0 fully saturated rings. The van der Waals surface area contributed by atoms with Crippen LogP contribution in [0.25, 0.3) is 0 Å². The van der Waals surface area contributed by atoms with Gasteiger partial charge in [0.05, 0.1) is 0 Å². The van der Waals surface area contributed by atoms with Crippen molar-refractivity contribution in [2.45, 2.75) is 34.1 Å². The average Bonchev–Trinajstić information content (AvgIpc) is 2.44. The van der Waals surface area contributed by atoms with Gasteiger partial charge >= 0.3 is 6.03 Å². The Morgan fingerprint density at radius 2 is 1.56 bits per heavy atom. The van der Waals surface area contributed by atoms with Gasteiger partial charge in [0.25, 0.3) is 0 Å². The van der Waals surface area contributed by atoms with E-state index in [1.54, 1.807) is 7.05 Å². The largest absolute Gasteiger partial charge is 0.341 e. The lowest BCUT2D eigenvalue weighted by molar-refractivity contribution is 0.243. The van der Waals surface area contributed by atoms with Crippen molar-refractivity contribution in [2.75, 3.05) is 13.6 Å². The van der Waals surface area contributed by atoms with E-state index in [-0.39, 0.29) is 15.9 Å². The smallest absolute Gasteiger partial charge is 0.314 e. The fourth-order valence-corrected chi connectivity index (χ4v) is 1.05. The number of carbonyl (C=O) groups is 1. The van der Waals surface area contributed by atoms with Gasteiger partial charge < -0.3 is 10.6 Å². The molecule has 0 heterocycles. The van der Waals surface area contributed by atoms with Crippen molar-refractivity contribution < 1.29 is 4.79 Å². The van der Waals surface area contributed by atoms with Crippen molar-refractivity contribution >= 4 is 15.9 Å². The highest BCUT2D eigenvalue weighted by Gasteiger charge is 1.94. The highest BCUT2D eigenvalue weighted by atomic mass is 31.0. The first kappa shape index (κ1) is 22.1. The molecule has 2 amide bonds. The molecule has 0 spiro atoms. The molecule has 0 saturated heterocycles. The topological polar surface area (TPSA) is 41.1 Å². The molecular weight excluding hydrogens is 243 g/mol. The number of carbonyl (C=O) groups excluding carboxylic acids is 1. The van der Waals surface area contributed by atoms with Crippen LogP contribution in [0.4, 0.5) is 4.79 Å². The fraction of sp³-hybridized carbons (Fsp3) is 0.500. The second-order valence-electron chi connectivity index (χ2n) is 2.74. The molecule has 1 aromatic carbocycles. The van der Waals surface area contributed by atoms with E-state index in [9.17, 15) is 4.79 Å². The molecule has 0 saturated carbocycles. The van der Waals surface area contributed by atoms with Crippen molar-refractivity contribution in [1.82, 2.24) is 10.6 Å². The molecule has 4 heteroatoms. The third-order valence-corrected chi connectivity index (χ3v) is 1.77. The summed E-state index contributed by atoms with van der Waals surface area (Å²) in [7, 11) is 1.61. The lowest BCUT2D eigenvalue weighted by Gasteiger charge is -2.03. The summed E-state index contributed by atoms with van der Waals surface area (Å²) in [5.74, 6) is 0. The SMILES string of the molecule is CC.CC.CNC(=O)NCCc1ccccc1.P. The van der Waals surface area contributed by atoms with Gasteiger partial charge in [0.1, 0.15) is 0 Å².